The molecular weight excluding hydrogens is 253 g/mol. The van der Waals surface area contributed by atoms with Crippen LogP contribution in [0.25, 0.3) is 11.0 Å². The van der Waals surface area contributed by atoms with Crippen LogP contribution in [0.15, 0.2) is 28.7 Å². The molecule has 0 amide bonds. The quantitative estimate of drug-likeness (QED) is 0.870. The normalized spacial score (nSPS) is 20.1. The minimum atomic E-state index is -0.280. The summed E-state index contributed by atoms with van der Waals surface area (Å²) in [6.07, 6.45) is 6.24. The molecule has 1 aromatic heterocycles. The topological polar surface area (TPSA) is 25.2 Å². The van der Waals surface area contributed by atoms with Crippen LogP contribution in [0.5, 0.6) is 0 Å². The van der Waals surface area contributed by atoms with Crippen LogP contribution >= 0.6 is 0 Å². The van der Waals surface area contributed by atoms with E-state index < -0.39 is 0 Å². The fraction of sp³-hybridized carbons (Fsp3) is 0.529. The third-order valence-corrected chi connectivity index (χ3v) is 4.78. The highest BCUT2D eigenvalue weighted by Crippen LogP contribution is 2.46. The average molecular weight is 275 g/mol. The Balaban J connectivity index is 2.00. The SMILES string of the molecule is CNC(c1cc2cccc(F)c2o1)C1(C)CCCCC1. The average Bonchev–Trinajstić information content (AvgIpc) is 2.85. The Hall–Kier alpha value is -1.35. The molecule has 2 aromatic rings. The second-order valence-corrected chi connectivity index (χ2v) is 6.24. The van der Waals surface area contributed by atoms with Gasteiger partial charge in [-0.15, -0.1) is 0 Å². The molecule has 0 aliphatic heterocycles. The van der Waals surface area contributed by atoms with Gasteiger partial charge in [0, 0.05) is 5.39 Å². The Bertz CT molecular complexity index is 598. The van der Waals surface area contributed by atoms with Crippen LogP contribution in [-0.4, -0.2) is 7.05 Å². The third-order valence-electron chi connectivity index (χ3n) is 4.78. The summed E-state index contributed by atoms with van der Waals surface area (Å²) in [5.41, 5.74) is 0.569. The van der Waals surface area contributed by atoms with E-state index in [0.717, 1.165) is 11.1 Å². The van der Waals surface area contributed by atoms with E-state index in [0.29, 0.717) is 5.58 Å². The van der Waals surface area contributed by atoms with E-state index in [1.807, 2.05) is 19.2 Å². The molecule has 108 valence electrons. The Labute approximate surface area is 119 Å². The molecule has 0 spiro atoms. The maximum Gasteiger partial charge on any atom is 0.169 e. The molecule has 1 aliphatic rings. The summed E-state index contributed by atoms with van der Waals surface area (Å²) < 4.78 is 19.6. The smallest absolute Gasteiger partial charge is 0.169 e. The molecule has 3 heteroatoms. The maximum absolute atomic E-state index is 13.8. The van der Waals surface area contributed by atoms with Crippen molar-refractivity contribution in [1.29, 1.82) is 0 Å². The zero-order valence-corrected chi connectivity index (χ0v) is 12.2. The van der Waals surface area contributed by atoms with Crippen LogP contribution in [0.2, 0.25) is 0 Å². The van der Waals surface area contributed by atoms with Crippen LogP contribution in [-0.2, 0) is 0 Å². The zero-order chi connectivity index (χ0) is 14.2. The molecular formula is C17H22FNO. The Morgan fingerprint density at radius 3 is 2.65 bits per heavy atom. The van der Waals surface area contributed by atoms with Gasteiger partial charge in [0.25, 0.3) is 0 Å². The molecule has 1 aromatic carbocycles. The van der Waals surface area contributed by atoms with E-state index in [2.05, 4.69) is 12.2 Å². The van der Waals surface area contributed by atoms with Crippen molar-refractivity contribution in [3.63, 3.8) is 0 Å². The maximum atomic E-state index is 13.8. The molecule has 1 aliphatic carbocycles. The summed E-state index contributed by atoms with van der Waals surface area (Å²) in [6, 6.07) is 7.22. The fourth-order valence-electron chi connectivity index (χ4n) is 3.67. The van der Waals surface area contributed by atoms with Gasteiger partial charge in [0.15, 0.2) is 11.4 Å². The lowest BCUT2D eigenvalue weighted by Gasteiger charge is -2.39. The first-order valence-corrected chi connectivity index (χ1v) is 7.49. The summed E-state index contributed by atoms with van der Waals surface area (Å²) in [5, 5.41) is 4.24. The van der Waals surface area contributed by atoms with Crippen molar-refractivity contribution in [2.24, 2.45) is 5.41 Å². The molecule has 1 saturated carbocycles. The number of halogens is 1. The zero-order valence-electron chi connectivity index (χ0n) is 12.2. The van der Waals surface area contributed by atoms with E-state index in [1.165, 1.54) is 38.2 Å². The second-order valence-electron chi connectivity index (χ2n) is 6.24. The van der Waals surface area contributed by atoms with Gasteiger partial charge < -0.3 is 9.73 Å². The predicted octanol–water partition coefficient (Wildman–Crippen LogP) is 4.80. The van der Waals surface area contributed by atoms with E-state index in [1.54, 1.807) is 6.07 Å². The highest BCUT2D eigenvalue weighted by atomic mass is 19.1. The van der Waals surface area contributed by atoms with Gasteiger partial charge in [-0.25, -0.2) is 4.39 Å². The van der Waals surface area contributed by atoms with Crippen LogP contribution in [0, 0.1) is 11.2 Å². The van der Waals surface area contributed by atoms with Crippen molar-refractivity contribution >= 4 is 11.0 Å². The van der Waals surface area contributed by atoms with E-state index >= 15 is 0 Å². The van der Waals surface area contributed by atoms with E-state index in [-0.39, 0.29) is 17.3 Å². The van der Waals surface area contributed by atoms with Crippen molar-refractivity contribution < 1.29 is 8.81 Å². The van der Waals surface area contributed by atoms with Gasteiger partial charge in [0.1, 0.15) is 5.76 Å². The lowest BCUT2D eigenvalue weighted by Crippen LogP contribution is -2.35. The van der Waals surface area contributed by atoms with Crippen molar-refractivity contribution in [1.82, 2.24) is 5.32 Å². The molecule has 0 bridgehead atoms. The standard InChI is InChI=1S/C17H22FNO/c1-17(9-4-3-5-10-17)16(19-2)14-11-12-7-6-8-13(18)15(12)20-14/h6-8,11,16,19H,3-5,9-10H2,1-2H3. The van der Waals surface area contributed by atoms with Crippen LogP contribution in [0.1, 0.15) is 50.8 Å². The lowest BCUT2D eigenvalue weighted by atomic mass is 9.70. The molecule has 1 unspecified atom stereocenters. The van der Waals surface area contributed by atoms with Crippen LogP contribution in [0.4, 0.5) is 4.39 Å². The first-order valence-electron chi connectivity index (χ1n) is 7.49. The van der Waals surface area contributed by atoms with Crippen molar-refractivity contribution in [2.45, 2.75) is 45.1 Å². The molecule has 0 radical (unpaired) electrons. The van der Waals surface area contributed by atoms with Gasteiger partial charge in [0.05, 0.1) is 6.04 Å². The van der Waals surface area contributed by atoms with Crippen molar-refractivity contribution in [2.75, 3.05) is 7.05 Å². The molecule has 1 fully saturated rings. The predicted molar refractivity (Wildman–Crippen MR) is 79.2 cm³/mol. The molecule has 1 N–H and O–H groups in total. The second kappa shape index (κ2) is 5.21. The first kappa shape index (κ1) is 13.6. The number of hydrogen-bond donors (Lipinski definition) is 1. The summed E-state index contributed by atoms with van der Waals surface area (Å²) >= 11 is 0. The third kappa shape index (κ3) is 2.24. The lowest BCUT2D eigenvalue weighted by molar-refractivity contribution is 0.136. The summed E-state index contributed by atoms with van der Waals surface area (Å²) in [5.74, 6) is 0.578. The number of hydrogen-bond acceptors (Lipinski definition) is 2. The number of rotatable bonds is 3. The van der Waals surface area contributed by atoms with E-state index in [9.17, 15) is 4.39 Å². The number of benzene rings is 1. The van der Waals surface area contributed by atoms with Gasteiger partial charge >= 0.3 is 0 Å². The van der Waals surface area contributed by atoms with Gasteiger partial charge in [-0.3, -0.25) is 0 Å². The summed E-state index contributed by atoms with van der Waals surface area (Å²) in [6.45, 7) is 2.32. The molecule has 3 rings (SSSR count). The Kier molecular flexibility index (Phi) is 3.55. The number of furan rings is 1. The van der Waals surface area contributed by atoms with Crippen LogP contribution < -0.4 is 5.32 Å². The fourth-order valence-corrected chi connectivity index (χ4v) is 3.67. The molecule has 2 nitrogen and oxygen atoms in total. The monoisotopic (exact) mass is 275 g/mol. The number of fused-ring (bicyclic) bond motifs is 1. The highest BCUT2D eigenvalue weighted by Gasteiger charge is 2.37. The van der Waals surface area contributed by atoms with E-state index in [4.69, 9.17) is 4.42 Å². The largest absolute Gasteiger partial charge is 0.456 e. The summed E-state index contributed by atoms with van der Waals surface area (Å²) in [4.78, 5) is 0. The molecule has 0 saturated heterocycles. The highest BCUT2D eigenvalue weighted by molar-refractivity contribution is 5.78. The summed E-state index contributed by atoms with van der Waals surface area (Å²) in [7, 11) is 1.97. The van der Waals surface area contributed by atoms with Gasteiger partial charge in [-0.2, -0.15) is 0 Å². The van der Waals surface area contributed by atoms with Crippen LogP contribution in [0.3, 0.4) is 0 Å². The molecule has 20 heavy (non-hydrogen) atoms. The van der Waals surface area contributed by atoms with Crippen molar-refractivity contribution in [3.05, 3.63) is 35.8 Å². The molecule has 1 heterocycles. The number of nitrogens with one attached hydrogen (secondary N) is 1. The molecule has 1 atom stereocenters. The van der Waals surface area contributed by atoms with Gasteiger partial charge in [0.2, 0.25) is 0 Å². The Morgan fingerprint density at radius 1 is 1.25 bits per heavy atom. The van der Waals surface area contributed by atoms with Gasteiger partial charge in [-0.05, 0) is 37.4 Å². The first-order chi connectivity index (χ1) is 9.64. The van der Waals surface area contributed by atoms with Crippen molar-refractivity contribution in [3.8, 4) is 0 Å². The minimum absolute atomic E-state index is 0.148. The minimum Gasteiger partial charge on any atom is -0.456 e. The Morgan fingerprint density at radius 2 is 2.00 bits per heavy atom. The number of para-hydroxylation sites is 1. The van der Waals surface area contributed by atoms with Gasteiger partial charge in [-0.1, -0.05) is 38.3 Å².